The van der Waals surface area contributed by atoms with Crippen molar-refractivity contribution in [3.63, 3.8) is 0 Å². The minimum Gasteiger partial charge on any atom is -0.444 e. The quantitative estimate of drug-likeness (QED) is 0.212. The van der Waals surface area contributed by atoms with Crippen molar-refractivity contribution in [3.8, 4) is 11.3 Å². The molecule has 8 nitrogen and oxygen atoms in total. The number of thioether (sulfide) groups is 1. The van der Waals surface area contributed by atoms with Crippen molar-refractivity contribution >= 4 is 23.8 Å². The Balaban J connectivity index is 2.05. The molecule has 240 valence electrons. The van der Waals surface area contributed by atoms with Crippen LogP contribution in [-0.4, -0.2) is 63.2 Å². The second-order valence-electron chi connectivity index (χ2n) is 12.7. The Hall–Kier alpha value is -3.44. The van der Waals surface area contributed by atoms with E-state index >= 15 is 0 Å². The molecule has 11 heteroatoms. The first kappa shape index (κ1) is 35.0. The van der Waals surface area contributed by atoms with Gasteiger partial charge in [-0.1, -0.05) is 51.1 Å². The summed E-state index contributed by atoms with van der Waals surface area (Å²) in [6.07, 6.45) is 1.65. The Morgan fingerprint density at radius 2 is 1.80 bits per heavy atom. The van der Waals surface area contributed by atoms with Crippen LogP contribution in [0.3, 0.4) is 0 Å². The smallest absolute Gasteiger partial charge is 0.407 e. The molecule has 0 spiro atoms. The van der Waals surface area contributed by atoms with Gasteiger partial charge in [-0.3, -0.25) is 4.79 Å². The lowest BCUT2D eigenvalue weighted by molar-refractivity contribution is -0.133. The summed E-state index contributed by atoms with van der Waals surface area (Å²) in [4.78, 5) is 32.8. The number of halogens is 2. The lowest BCUT2D eigenvalue weighted by atomic mass is 9.84. The second-order valence-corrected chi connectivity index (χ2v) is 13.8. The molecule has 0 saturated heterocycles. The van der Waals surface area contributed by atoms with Crippen LogP contribution in [0.25, 0.3) is 11.3 Å². The minimum absolute atomic E-state index is 0.0451. The zero-order valence-electron chi connectivity index (χ0n) is 26.5. The number of alkyl carbamates (subject to hydrolysis) is 1. The molecule has 2 aromatic carbocycles. The van der Waals surface area contributed by atoms with E-state index in [-0.39, 0.29) is 22.9 Å². The van der Waals surface area contributed by atoms with Crippen molar-refractivity contribution in [2.24, 2.45) is 11.1 Å². The van der Waals surface area contributed by atoms with Gasteiger partial charge in [-0.05, 0) is 56.4 Å². The molecular weight excluding hydrogens is 584 g/mol. The molecule has 0 aliphatic heterocycles. The predicted molar refractivity (Wildman–Crippen MR) is 172 cm³/mol. The molecule has 44 heavy (non-hydrogen) atoms. The highest BCUT2D eigenvalue weighted by atomic mass is 32.2. The molecule has 0 unspecified atom stereocenters. The Bertz CT molecular complexity index is 1390. The number of ether oxygens (including phenoxy) is 1. The van der Waals surface area contributed by atoms with Gasteiger partial charge in [0.2, 0.25) is 5.91 Å². The van der Waals surface area contributed by atoms with Crippen molar-refractivity contribution in [3.05, 3.63) is 77.8 Å². The Labute approximate surface area is 263 Å². The minimum atomic E-state index is -0.627. The largest absolute Gasteiger partial charge is 0.444 e. The van der Waals surface area contributed by atoms with Gasteiger partial charge in [0.1, 0.15) is 23.1 Å². The molecule has 3 rings (SSSR count). The number of amides is 2. The third kappa shape index (κ3) is 10.3. The van der Waals surface area contributed by atoms with E-state index in [9.17, 15) is 18.4 Å². The molecule has 0 bridgehead atoms. The van der Waals surface area contributed by atoms with E-state index < -0.39 is 34.8 Å². The number of carbonyl (C=O) groups excluding carboxylic acids is 2. The van der Waals surface area contributed by atoms with Crippen LogP contribution in [0.4, 0.5) is 13.6 Å². The molecule has 0 radical (unpaired) electrons. The van der Waals surface area contributed by atoms with E-state index in [0.717, 1.165) is 23.8 Å². The van der Waals surface area contributed by atoms with Gasteiger partial charge in [0.05, 0.1) is 17.5 Å². The molecule has 0 saturated carbocycles. The normalized spacial score (nSPS) is 12.6. The van der Waals surface area contributed by atoms with E-state index in [2.05, 4.69) is 5.32 Å². The number of benzene rings is 2. The number of aromatic nitrogens is 2. The van der Waals surface area contributed by atoms with Crippen LogP contribution >= 0.6 is 11.8 Å². The molecule has 3 N–H and O–H groups in total. The maximum absolute atomic E-state index is 15.0. The number of imidazole rings is 1. The van der Waals surface area contributed by atoms with Gasteiger partial charge in [-0.25, -0.2) is 18.6 Å². The number of nitrogens with two attached hydrogens (primary N) is 1. The van der Waals surface area contributed by atoms with Gasteiger partial charge < -0.3 is 25.3 Å². The van der Waals surface area contributed by atoms with Gasteiger partial charge >= 0.3 is 6.09 Å². The SMILES string of the molecule is CC(C)(C)OC(=O)NCCCN(C(=O)CSCCN)[C@@H](c1nc(-c2cc(F)ccc2F)cn1Cc1ccccc1)C(C)(C)C. The maximum Gasteiger partial charge on any atom is 0.407 e. The third-order valence-corrected chi connectivity index (χ3v) is 7.61. The Kier molecular flexibility index (Phi) is 12.4. The van der Waals surface area contributed by atoms with Crippen LogP contribution in [0.1, 0.15) is 65.4 Å². The number of rotatable bonds is 13. The standard InChI is InChI=1S/C33H45F2N5O3S/c1-32(2,3)29(40(28(41)22-44-18-15-36)17-10-16-37-31(42)43-33(4,5)6)30-38-27(25-19-24(34)13-14-26(25)35)21-39(30)20-23-11-8-7-9-12-23/h7-9,11-14,19,21,29H,10,15-18,20,22,36H2,1-6H3,(H,37,42)/t29-/m0/s1. The van der Waals surface area contributed by atoms with E-state index in [1.165, 1.54) is 11.8 Å². The first-order chi connectivity index (χ1) is 20.7. The molecule has 1 aromatic heterocycles. The number of carbonyl (C=O) groups is 2. The molecule has 2 amide bonds. The Morgan fingerprint density at radius 1 is 1.09 bits per heavy atom. The van der Waals surface area contributed by atoms with Crippen LogP contribution in [-0.2, 0) is 16.1 Å². The van der Waals surface area contributed by atoms with Crippen LogP contribution in [0.5, 0.6) is 0 Å². The van der Waals surface area contributed by atoms with Gasteiger partial charge in [0, 0.05) is 43.7 Å². The molecular formula is C33H45F2N5O3S. The summed E-state index contributed by atoms with van der Waals surface area (Å²) in [5.74, 6) is 0.137. The molecule has 0 fully saturated rings. The average molecular weight is 630 g/mol. The van der Waals surface area contributed by atoms with Crippen molar-refractivity contribution in [2.45, 2.75) is 66.2 Å². The van der Waals surface area contributed by atoms with Crippen molar-refractivity contribution in [1.29, 1.82) is 0 Å². The van der Waals surface area contributed by atoms with Gasteiger partial charge in [0.15, 0.2) is 0 Å². The topological polar surface area (TPSA) is 102 Å². The molecule has 0 aliphatic rings. The number of hydrogen-bond acceptors (Lipinski definition) is 6. The van der Waals surface area contributed by atoms with Crippen LogP contribution in [0.15, 0.2) is 54.7 Å². The van der Waals surface area contributed by atoms with E-state index in [1.807, 2.05) is 55.7 Å². The van der Waals surface area contributed by atoms with Crippen LogP contribution in [0.2, 0.25) is 0 Å². The highest BCUT2D eigenvalue weighted by Crippen LogP contribution is 2.39. The summed E-state index contributed by atoms with van der Waals surface area (Å²) in [5.41, 5.74) is 5.86. The third-order valence-electron chi connectivity index (χ3n) is 6.64. The summed E-state index contributed by atoms with van der Waals surface area (Å²) in [5, 5.41) is 2.77. The lowest BCUT2D eigenvalue weighted by Crippen LogP contribution is -2.44. The number of nitrogens with zero attached hydrogens (tertiary/aromatic N) is 3. The fourth-order valence-electron chi connectivity index (χ4n) is 4.85. The average Bonchev–Trinajstić information content (AvgIpc) is 3.33. The molecule has 3 aromatic rings. The lowest BCUT2D eigenvalue weighted by Gasteiger charge is -2.40. The summed E-state index contributed by atoms with van der Waals surface area (Å²) in [6.45, 7) is 12.9. The highest BCUT2D eigenvalue weighted by molar-refractivity contribution is 7.99. The predicted octanol–water partition coefficient (Wildman–Crippen LogP) is 6.40. The summed E-state index contributed by atoms with van der Waals surface area (Å²) in [6, 6.07) is 12.5. The summed E-state index contributed by atoms with van der Waals surface area (Å²) >= 11 is 1.45. The maximum atomic E-state index is 15.0. The van der Waals surface area contributed by atoms with Gasteiger partial charge in [0.25, 0.3) is 0 Å². The van der Waals surface area contributed by atoms with Gasteiger partial charge in [-0.15, -0.1) is 0 Å². The molecule has 0 aliphatic carbocycles. The van der Waals surface area contributed by atoms with E-state index in [0.29, 0.717) is 44.2 Å². The zero-order chi connectivity index (χ0) is 32.5. The van der Waals surface area contributed by atoms with Crippen molar-refractivity contribution < 1.29 is 23.1 Å². The van der Waals surface area contributed by atoms with Crippen molar-refractivity contribution in [2.75, 3.05) is 31.1 Å². The fraction of sp³-hybridized carbons (Fsp3) is 0.485. The highest BCUT2D eigenvalue weighted by Gasteiger charge is 2.38. The monoisotopic (exact) mass is 629 g/mol. The van der Waals surface area contributed by atoms with Crippen LogP contribution in [0, 0.1) is 17.0 Å². The number of nitrogens with one attached hydrogen (secondary N) is 1. The van der Waals surface area contributed by atoms with Gasteiger partial charge in [-0.2, -0.15) is 11.8 Å². The van der Waals surface area contributed by atoms with Crippen LogP contribution < -0.4 is 11.1 Å². The summed E-state index contributed by atoms with van der Waals surface area (Å²) in [7, 11) is 0. The first-order valence-corrected chi connectivity index (χ1v) is 16.0. The van der Waals surface area contributed by atoms with E-state index in [1.54, 1.807) is 31.9 Å². The Morgan fingerprint density at radius 3 is 2.43 bits per heavy atom. The molecule has 1 atom stereocenters. The summed E-state index contributed by atoms with van der Waals surface area (Å²) < 4.78 is 36.4. The molecule has 1 heterocycles. The fourth-order valence-corrected chi connectivity index (χ4v) is 5.50. The second kappa shape index (κ2) is 15.5. The first-order valence-electron chi connectivity index (χ1n) is 14.8. The number of hydrogen-bond donors (Lipinski definition) is 2. The van der Waals surface area contributed by atoms with E-state index in [4.69, 9.17) is 15.5 Å². The van der Waals surface area contributed by atoms with Crippen molar-refractivity contribution in [1.82, 2.24) is 19.8 Å². The zero-order valence-corrected chi connectivity index (χ0v) is 27.3.